The number of nitrogens with zero attached hydrogens (tertiary/aromatic N) is 3. The monoisotopic (exact) mass is 406 g/mol. The van der Waals surface area contributed by atoms with Crippen LogP contribution in [0.3, 0.4) is 0 Å². The molecule has 1 aliphatic rings. The fourth-order valence-electron chi connectivity index (χ4n) is 3.67. The van der Waals surface area contributed by atoms with E-state index in [1.807, 2.05) is 67.6 Å². The molecule has 0 aliphatic carbocycles. The molecule has 0 radical (unpaired) electrons. The lowest BCUT2D eigenvalue weighted by Gasteiger charge is -2.22. The van der Waals surface area contributed by atoms with Crippen LogP contribution in [0, 0.1) is 0 Å². The van der Waals surface area contributed by atoms with Gasteiger partial charge < -0.3 is 9.88 Å². The predicted molar refractivity (Wildman–Crippen MR) is 116 cm³/mol. The Morgan fingerprint density at radius 3 is 2.28 bits per heavy atom. The lowest BCUT2D eigenvalue weighted by molar-refractivity contribution is -0.120. The quantitative estimate of drug-likeness (QED) is 0.617. The first-order valence-corrected chi connectivity index (χ1v) is 11.1. The summed E-state index contributed by atoms with van der Waals surface area (Å²) >= 11 is 1.49. The third-order valence-corrected chi connectivity index (χ3v) is 6.36. The Balaban J connectivity index is 1.50. The van der Waals surface area contributed by atoms with Gasteiger partial charge in [-0.2, -0.15) is 0 Å². The molecule has 0 bridgehead atoms. The molecule has 0 unspecified atom stereocenters. The van der Waals surface area contributed by atoms with E-state index in [1.165, 1.54) is 18.2 Å². The van der Waals surface area contributed by atoms with E-state index >= 15 is 0 Å². The number of amides is 1. The molecule has 29 heavy (non-hydrogen) atoms. The van der Waals surface area contributed by atoms with Crippen molar-refractivity contribution in [1.82, 2.24) is 20.1 Å². The lowest BCUT2D eigenvalue weighted by atomic mass is 9.98. The van der Waals surface area contributed by atoms with Crippen LogP contribution in [0.1, 0.15) is 49.2 Å². The molecule has 1 aromatic heterocycles. The number of carbonyl (C=O) groups is 1. The number of aryl methyl sites for hydroxylation is 1. The minimum absolute atomic E-state index is 0.00122. The van der Waals surface area contributed by atoms with E-state index in [2.05, 4.69) is 20.1 Å². The lowest BCUT2D eigenvalue weighted by Crippen LogP contribution is -2.35. The first-order valence-electron chi connectivity index (χ1n) is 10.2. The van der Waals surface area contributed by atoms with Crippen molar-refractivity contribution in [3.63, 3.8) is 0 Å². The van der Waals surface area contributed by atoms with E-state index in [9.17, 15) is 4.79 Å². The largest absolute Gasteiger partial charge is 0.344 e. The molecule has 1 aliphatic heterocycles. The number of rotatable bonds is 6. The zero-order chi connectivity index (χ0) is 20.1. The Labute approximate surface area is 175 Å². The molecule has 6 heteroatoms. The summed E-state index contributed by atoms with van der Waals surface area (Å²) in [4.78, 5) is 13.1. The van der Waals surface area contributed by atoms with Crippen molar-refractivity contribution >= 4 is 17.7 Å². The summed E-state index contributed by atoms with van der Waals surface area (Å²) in [5.74, 6) is 1.04. The number of hydrogen-bond acceptors (Lipinski definition) is 4. The van der Waals surface area contributed by atoms with Gasteiger partial charge in [-0.25, -0.2) is 0 Å². The average Bonchev–Trinajstić information content (AvgIpc) is 2.98. The number of hydrogen-bond donors (Lipinski definition) is 1. The molecule has 1 N–H and O–H groups in total. The second kappa shape index (κ2) is 9.27. The van der Waals surface area contributed by atoms with E-state index < -0.39 is 0 Å². The van der Waals surface area contributed by atoms with Gasteiger partial charge in [0.1, 0.15) is 5.82 Å². The minimum atomic E-state index is -0.263. The van der Waals surface area contributed by atoms with E-state index in [0.29, 0.717) is 0 Å². The highest BCUT2D eigenvalue weighted by Crippen LogP contribution is 2.27. The Bertz CT molecular complexity index is 903. The summed E-state index contributed by atoms with van der Waals surface area (Å²) in [7, 11) is 0. The second-order valence-corrected chi connectivity index (χ2v) is 8.69. The fraction of sp³-hybridized carbons (Fsp3) is 0.348. The molecule has 0 saturated heterocycles. The van der Waals surface area contributed by atoms with Crippen molar-refractivity contribution in [2.24, 2.45) is 0 Å². The molecule has 4 rings (SSSR count). The molecule has 0 fully saturated rings. The van der Waals surface area contributed by atoms with Gasteiger partial charge in [0.05, 0.1) is 11.3 Å². The average molecular weight is 407 g/mol. The van der Waals surface area contributed by atoms with Crippen LogP contribution >= 0.6 is 11.8 Å². The normalized spacial score (nSPS) is 14.8. The van der Waals surface area contributed by atoms with Crippen molar-refractivity contribution in [2.45, 2.75) is 55.6 Å². The maximum absolute atomic E-state index is 13.1. The van der Waals surface area contributed by atoms with E-state index in [-0.39, 0.29) is 17.2 Å². The zero-order valence-electron chi connectivity index (χ0n) is 16.6. The number of fused-ring (bicyclic) bond motifs is 1. The van der Waals surface area contributed by atoms with Crippen molar-refractivity contribution < 1.29 is 4.79 Å². The summed E-state index contributed by atoms with van der Waals surface area (Å²) < 4.78 is 2.19. The van der Waals surface area contributed by atoms with Crippen LogP contribution in [-0.4, -0.2) is 25.9 Å². The first kappa shape index (κ1) is 19.7. The standard InChI is InChI=1S/C23H26N4OS/c1-17(29-23-26-25-20-15-9-4-10-16-27(20)23)22(28)24-21(18-11-5-2-6-12-18)19-13-7-3-8-14-19/h2-3,5-8,11-14,17,21H,4,9-10,15-16H2,1H3,(H,24,28)/t17-/m0/s1. The van der Waals surface area contributed by atoms with Gasteiger partial charge in [-0.05, 0) is 30.9 Å². The highest BCUT2D eigenvalue weighted by molar-refractivity contribution is 8.00. The summed E-state index contributed by atoms with van der Waals surface area (Å²) in [6.45, 7) is 2.88. The summed E-state index contributed by atoms with van der Waals surface area (Å²) in [5.41, 5.74) is 2.14. The van der Waals surface area contributed by atoms with Crippen molar-refractivity contribution in [3.05, 3.63) is 77.6 Å². The van der Waals surface area contributed by atoms with E-state index in [4.69, 9.17) is 0 Å². The van der Waals surface area contributed by atoms with Crippen LogP contribution in [0.2, 0.25) is 0 Å². The third kappa shape index (κ3) is 4.70. The predicted octanol–water partition coefficient (Wildman–Crippen LogP) is 4.39. The van der Waals surface area contributed by atoms with Gasteiger partial charge in [0.2, 0.25) is 5.91 Å². The smallest absolute Gasteiger partial charge is 0.234 e. The number of nitrogens with one attached hydrogen (secondary N) is 1. The Hall–Kier alpha value is -2.60. The van der Waals surface area contributed by atoms with E-state index in [0.717, 1.165) is 47.9 Å². The van der Waals surface area contributed by atoms with Crippen LogP contribution in [0.25, 0.3) is 0 Å². The molecule has 2 aromatic carbocycles. The third-order valence-electron chi connectivity index (χ3n) is 5.28. The molecular weight excluding hydrogens is 380 g/mol. The first-order chi connectivity index (χ1) is 14.2. The van der Waals surface area contributed by atoms with Crippen LogP contribution < -0.4 is 5.32 Å². The summed E-state index contributed by atoms with van der Waals surface area (Å²) in [6.07, 6.45) is 4.50. The molecule has 2 heterocycles. The van der Waals surface area contributed by atoms with Crippen molar-refractivity contribution in [3.8, 4) is 0 Å². The number of carbonyl (C=O) groups excluding carboxylic acids is 1. The number of benzene rings is 2. The number of thioether (sulfide) groups is 1. The summed E-state index contributed by atoms with van der Waals surface area (Å²) in [5, 5.41) is 12.5. The molecular formula is C23H26N4OS. The van der Waals surface area contributed by atoms with Crippen LogP contribution in [0.4, 0.5) is 0 Å². The second-order valence-electron chi connectivity index (χ2n) is 7.38. The Morgan fingerprint density at radius 1 is 0.966 bits per heavy atom. The number of aromatic nitrogens is 3. The minimum Gasteiger partial charge on any atom is -0.344 e. The van der Waals surface area contributed by atoms with Gasteiger partial charge in [0.25, 0.3) is 0 Å². The van der Waals surface area contributed by atoms with Crippen molar-refractivity contribution in [1.29, 1.82) is 0 Å². The topological polar surface area (TPSA) is 59.8 Å². The highest BCUT2D eigenvalue weighted by atomic mass is 32.2. The molecule has 150 valence electrons. The highest BCUT2D eigenvalue weighted by Gasteiger charge is 2.24. The maximum atomic E-state index is 13.1. The maximum Gasteiger partial charge on any atom is 0.234 e. The van der Waals surface area contributed by atoms with Crippen molar-refractivity contribution in [2.75, 3.05) is 0 Å². The molecule has 0 saturated carbocycles. The fourth-order valence-corrected chi connectivity index (χ4v) is 4.57. The van der Waals surface area contributed by atoms with Gasteiger partial charge in [-0.3, -0.25) is 4.79 Å². The Kier molecular flexibility index (Phi) is 6.30. The van der Waals surface area contributed by atoms with Crippen LogP contribution in [0.15, 0.2) is 65.8 Å². The van der Waals surface area contributed by atoms with Gasteiger partial charge >= 0.3 is 0 Å². The molecule has 0 spiro atoms. The van der Waals surface area contributed by atoms with Gasteiger partial charge in [0.15, 0.2) is 5.16 Å². The molecule has 1 amide bonds. The molecule has 1 atom stereocenters. The summed E-state index contributed by atoms with van der Waals surface area (Å²) in [6, 6.07) is 20.0. The molecule has 3 aromatic rings. The zero-order valence-corrected chi connectivity index (χ0v) is 17.4. The van der Waals surface area contributed by atoms with Crippen LogP contribution in [-0.2, 0) is 17.8 Å². The SMILES string of the molecule is C[C@H](Sc1nnc2n1CCCCC2)C(=O)NC(c1ccccc1)c1ccccc1. The Morgan fingerprint density at radius 2 is 1.62 bits per heavy atom. The van der Waals surface area contributed by atoms with Gasteiger partial charge in [-0.1, -0.05) is 78.8 Å². The van der Waals surface area contributed by atoms with Gasteiger partial charge in [-0.15, -0.1) is 10.2 Å². The molecule has 5 nitrogen and oxygen atoms in total. The van der Waals surface area contributed by atoms with Gasteiger partial charge in [0, 0.05) is 13.0 Å². The van der Waals surface area contributed by atoms with Crippen LogP contribution in [0.5, 0.6) is 0 Å². The van der Waals surface area contributed by atoms with E-state index in [1.54, 1.807) is 0 Å².